The Kier molecular flexibility index (Phi) is 8.86. The highest BCUT2D eigenvalue weighted by atomic mass is 35.5. The van der Waals surface area contributed by atoms with E-state index >= 15 is 0 Å². The lowest BCUT2D eigenvalue weighted by atomic mass is 9.84. The summed E-state index contributed by atoms with van der Waals surface area (Å²) in [6, 6.07) is 3.31. The minimum Gasteiger partial charge on any atom is -0.493 e. The van der Waals surface area contributed by atoms with Crippen LogP contribution in [0.5, 0.6) is 17.2 Å². The van der Waals surface area contributed by atoms with Gasteiger partial charge in [0.05, 0.1) is 21.3 Å². The number of carbonyl (C=O) groups excluding carboxylic acids is 1. The fraction of sp³-hybridized carbons (Fsp3) is 0.611. The molecular formula is C18H29ClN2O4. The number of amides is 1. The molecule has 1 aromatic rings. The lowest BCUT2D eigenvalue weighted by Crippen LogP contribution is -2.45. The van der Waals surface area contributed by atoms with Crippen LogP contribution >= 0.6 is 12.4 Å². The first-order valence-corrected chi connectivity index (χ1v) is 8.45. The van der Waals surface area contributed by atoms with E-state index in [1.165, 1.54) is 40.6 Å². The van der Waals surface area contributed by atoms with Crippen LogP contribution in [0.15, 0.2) is 12.1 Å². The highest BCUT2D eigenvalue weighted by Gasteiger charge is 2.25. The summed E-state index contributed by atoms with van der Waals surface area (Å²) in [7, 11) is 4.60. The molecule has 1 aromatic carbocycles. The van der Waals surface area contributed by atoms with Crippen molar-refractivity contribution in [3.63, 3.8) is 0 Å². The summed E-state index contributed by atoms with van der Waals surface area (Å²) in [4.78, 5) is 12.7. The highest BCUT2D eigenvalue weighted by molar-refractivity contribution is 5.95. The van der Waals surface area contributed by atoms with E-state index < -0.39 is 0 Å². The molecule has 0 bridgehead atoms. The molecule has 1 saturated carbocycles. The summed E-state index contributed by atoms with van der Waals surface area (Å²) < 4.78 is 15.9. The van der Waals surface area contributed by atoms with Crippen LogP contribution in [-0.2, 0) is 0 Å². The first-order valence-electron chi connectivity index (χ1n) is 8.45. The SMILES string of the molecule is COc1cc(C(=O)NC(CN)C2CCCCC2)cc(OC)c1OC.Cl. The van der Waals surface area contributed by atoms with Gasteiger partial charge in [0.1, 0.15) is 0 Å². The Labute approximate surface area is 155 Å². The second-order valence-corrected chi connectivity index (χ2v) is 6.13. The molecule has 1 aliphatic carbocycles. The van der Waals surface area contributed by atoms with Crippen molar-refractivity contribution < 1.29 is 19.0 Å². The number of carbonyl (C=O) groups is 1. The molecule has 1 amide bonds. The number of methoxy groups -OCH3 is 3. The van der Waals surface area contributed by atoms with Crippen molar-refractivity contribution >= 4 is 18.3 Å². The zero-order valence-corrected chi connectivity index (χ0v) is 16.0. The number of benzene rings is 1. The Bertz CT molecular complexity index is 537. The molecule has 1 fully saturated rings. The van der Waals surface area contributed by atoms with Crippen molar-refractivity contribution in [2.45, 2.75) is 38.1 Å². The van der Waals surface area contributed by atoms with Crippen LogP contribution in [-0.4, -0.2) is 39.8 Å². The smallest absolute Gasteiger partial charge is 0.251 e. The second-order valence-electron chi connectivity index (χ2n) is 6.13. The molecule has 25 heavy (non-hydrogen) atoms. The standard InChI is InChI=1S/C18H28N2O4.ClH/c1-22-15-9-13(10-16(23-2)17(15)24-3)18(21)20-14(11-19)12-7-5-4-6-8-12;/h9-10,12,14H,4-8,11,19H2,1-3H3,(H,20,21);1H. The van der Waals surface area contributed by atoms with E-state index in [2.05, 4.69) is 5.32 Å². The van der Waals surface area contributed by atoms with Gasteiger partial charge in [0, 0.05) is 18.2 Å². The van der Waals surface area contributed by atoms with Gasteiger partial charge in [-0.15, -0.1) is 12.4 Å². The molecular weight excluding hydrogens is 344 g/mol. The lowest BCUT2D eigenvalue weighted by Gasteiger charge is -2.30. The van der Waals surface area contributed by atoms with Gasteiger partial charge in [0.25, 0.3) is 5.91 Å². The van der Waals surface area contributed by atoms with Gasteiger partial charge in [-0.25, -0.2) is 0 Å². The molecule has 0 radical (unpaired) electrons. The van der Waals surface area contributed by atoms with Crippen molar-refractivity contribution in [2.24, 2.45) is 11.7 Å². The topological polar surface area (TPSA) is 82.8 Å². The number of rotatable bonds is 7. The van der Waals surface area contributed by atoms with Crippen LogP contribution in [0.3, 0.4) is 0 Å². The van der Waals surface area contributed by atoms with Gasteiger partial charge in [-0.3, -0.25) is 4.79 Å². The second kappa shape index (κ2) is 10.4. The zero-order chi connectivity index (χ0) is 17.5. The Morgan fingerprint density at radius 3 is 2.12 bits per heavy atom. The molecule has 1 unspecified atom stereocenters. The number of nitrogens with two attached hydrogens (primary N) is 1. The number of hydrogen-bond acceptors (Lipinski definition) is 5. The molecule has 1 atom stereocenters. The van der Waals surface area contributed by atoms with Crippen molar-refractivity contribution in [1.29, 1.82) is 0 Å². The van der Waals surface area contributed by atoms with E-state index in [9.17, 15) is 4.79 Å². The minimum atomic E-state index is -0.171. The van der Waals surface area contributed by atoms with Crippen LogP contribution in [0.2, 0.25) is 0 Å². The molecule has 0 spiro atoms. The minimum absolute atomic E-state index is 0. The maximum Gasteiger partial charge on any atom is 0.251 e. The molecule has 0 aromatic heterocycles. The third kappa shape index (κ3) is 5.16. The van der Waals surface area contributed by atoms with Gasteiger partial charge in [-0.05, 0) is 30.9 Å². The summed E-state index contributed by atoms with van der Waals surface area (Å²) >= 11 is 0. The third-order valence-corrected chi connectivity index (χ3v) is 4.72. The number of nitrogens with one attached hydrogen (secondary N) is 1. The van der Waals surface area contributed by atoms with E-state index in [4.69, 9.17) is 19.9 Å². The summed E-state index contributed by atoms with van der Waals surface area (Å²) in [6.07, 6.45) is 5.94. The van der Waals surface area contributed by atoms with Gasteiger partial charge < -0.3 is 25.3 Å². The van der Waals surface area contributed by atoms with E-state index in [1.807, 2.05) is 0 Å². The summed E-state index contributed by atoms with van der Waals surface area (Å²) in [5.74, 6) is 1.68. The van der Waals surface area contributed by atoms with Gasteiger partial charge in [0.15, 0.2) is 11.5 Å². The summed E-state index contributed by atoms with van der Waals surface area (Å²) in [6.45, 7) is 0.445. The normalized spacial score (nSPS) is 15.7. The van der Waals surface area contributed by atoms with Gasteiger partial charge in [-0.1, -0.05) is 19.3 Å². The predicted molar refractivity (Wildman–Crippen MR) is 100 cm³/mol. The summed E-state index contributed by atoms with van der Waals surface area (Å²) in [5.41, 5.74) is 6.37. The summed E-state index contributed by atoms with van der Waals surface area (Å²) in [5, 5.41) is 3.08. The van der Waals surface area contributed by atoms with Crippen LogP contribution in [0.25, 0.3) is 0 Å². The lowest BCUT2D eigenvalue weighted by molar-refractivity contribution is 0.0914. The van der Waals surface area contributed by atoms with E-state index in [0.717, 1.165) is 12.8 Å². The van der Waals surface area contributed by atoms with Gasteiger partial charge >= 0.3 is 0 Å². The zero-order valence-electron chi connectivity index (χ0n) is 15.2. The third-order valence-electron chi connectivity index (χ3n) is 4.72. The average molecular weight is 373 g/mol. The first kappa shape index (κ1) is 21.4. The molecule has 6 nitrogen and oxygen atoms in total. The fourth-order valence-corrected chi connectivity index (χ4v) is 3.37. The van der Waals surface area contributed by atoms with Crippen LogP contribution < -0.4 is 25.3 Å². The van der Waals surface area contributed by atoms with E-state index in [0.29, 0.717) is 35.3 Å². The predicted octanol–water partition coefficient (Wildman–Crippen LogP) is 2.77. The molecule has 1 aliphatic rings. The molecule has 0 heterocycles. The monoisotopic (exact) mass is 372 g/mol. The van der Waals surface area contributed by atoms with Crippen molar-refractivity contribution in [2.75, 3.05) is 27.9 Å². The first-order chi connectivity index (χ1) is 11.6. The fourth-order valence-electron chi connectivity index (χ4n) is 3.37. The van der Waals surface area contributed by atoms with Gasteiger partial charge in [0.2, 0.25) is 5.75 Å². The maximum atomic E-state index is 12.7. The highest BCUT2D eigenvalue weighted by Crippen LogP contribution is 2.38. The van der Waals surface area contributed by atoms with Crippen LogP contribution in [0.1, 0.15) is 42.5 Å². The number of hydrogen-bond donors (Lipinski definition) is 2. The largest absolute Gasteiger partial charge is 0.493 e. The maximum absolute atomic E-state index is 12.7. The average Bonchev–Trinajstić information content (AvgIpc) is 2.65. The van der Waals surface area contributed by atoms with Crippen molar-refractivity contribution in [3.8, 4) is 17.2 Å². The molecule has 2 rings (SSSR count). The Balaban J connectivity index is 0.00000312. The molecule has 142 valence electrons. The molecule has 7 heteroatoms. The van der Waals surface area contributed by atoms with Crippen LogP contribution in [0.4, 0.5) is 0 Å². The molecule has 0 saturated heterocycles. The van der Waals surface area contributed by atoms with E-state index in [-0.39, 0.29) is 24.4 Å². The van der Waals surface area contributed by atoms with E-state index in [1.54, 1.807) is 12.1 Å². The Morgan fingerprint density at radius 1 is 1.12 bits per heavy atom. The van der Waals surface area contributed by atoms with Gasteiger partial charge in [-0.2, -0.15) is 0 Å². The number of halogens is 1. The Hall–Kier alpha value is -1.66. The molecule has 0 aliphatic heterocycles. The molecule has 3 N–H and O–H groups in total. The number of ether oxygens (including phenoxy) is 3. The Morgan fingerprint density at radius 2 is 1.68 bits per heavy atom. The quantitative estimate of drug-likeness (QED) is 0.769. The van der Waals surface area contributed by atoms with Crippen molar-refractivity contribution in [3.05, 3.63) is 17.7 Å². The van der Waals surface area contributed by atoms with Crippen LogP contribution in [0, 0.1) is 5.92 Å². The van der Waals surface area contributed by atoms with Crippen molar-refractivity contribution in [1.82, 2.24) is 5.32 Å².